The highest BCUT2D eigenvalue weighted by atomic mass is 32.2. The zero-order chi connectivity index (χ0) is 10.2. The molecule has 0 spiro atoms. The van der Waals surface area contributed by atoms with Crippen molar-refractivity contribution in [2.45, 2.75) is 12.2 Å². The number of sulfone groups is 1. The SMILES string of the molecule is CS(=O)(=O)Cc1cccc2c1NCC2. The predicted molar refractivity (Wildman–Crippen MR) is 57.2 cm³/mol. The van der Waals surface area contributed by atoms with Gasteiger partial charge in [0, 0.05) is 18.5 Å². The molecule has 1 N–H and O–H groups in total. The fourth-order valence-corrected chi connectivity index (χ4v) is 2.62. The van der Waals surface area contributed by atoms with Crippen molar-refractivity contribution < 1.29 is 8.42 Å². The van der Waals surface area contributed by atoms with Gasteiger partial charge in [-0.2, -0.15) is 0 Å². The second-order valence-electron chi connectivity index (χ2n) is 3.70. The van der Waals surface area contributed by atoms with E-state index in [0.29, 0.717) is 0 Å². The van der Waals surface area contributed by atoms with E-state index in [2.05, 4.69) is 5.32 Å². The summed E-state index contributed by atoms with van der Waals surface area (Å²) in [6.45, 7) is 0.913. The average molecular weight is 211 g/mol. The molecule has 4 heteroatoms. The maximum atomic E-state index is 11.2. The van der Waals surface area contributed by atoms with Crippen molar-refractivity contribution >= 4 is 15.5 Å². The molecule has 3 nitrogen and oxygen atoms in total. The number of fused-ring (bicyclic) bond motifs is 1. The van der Waals surface area contributed by atoms with E-state index in [0.717, 1.165) is 24.2 Å². The molecular weight excluding hydrogens is 198 g/mol. The standard InChI is InChI=1S/C10H13NO2S/c1-14(12,13)7-9-4-2-3-8-5-6-11-10(8)9/h2-4,11H,5-7H2,1H3. The summed E-state index contributed by atoms with van der Waals surface area (Å²) in [6, 6.07) is 5.84. The van der Waals surface area contributed by atoms with Crippen molar-refractivity contribution in [2.24, 2.45) is 0 Å². The summed E-state index contributed by atoms with van der Waals surface area (Å²) in [5.74, 6) is 0.128. The minimum absolute atomic E-state index is 0.128. The zero-order valence-corrected chi connectivity index (χ0v) is 8.89. The Balaban J connectivity index is 2.40. The molecule has 14 heavy (non-hydrogen) atoms. The number of rotatable bonds is 2. The largest absolute Gasteiger partial charge is 0.384 e. The van der Waals surface area contributed by atoms with Crippen LogP contribution in [0.5, 0.6) is 0 Å². The van der Waals surface area contributed by atoms with Gasteiger partial charge in [0.1, 0.15) is 0 Å². The first-order valence-corrected chi connectivity index (χ1v) is 6.65. The van der Waals surface area contributed by atoms with Gasteiger partial charge in [0.2, 0.25) is 0 Å². The van der Waals surface area contributed by atoms with Crippen LogP contribution in [0.15, 0.2) is 18.2 Å². The van der Waals surface area contributed by atoms with Crippen LogP contribution < -0.4 is 5.32 Å². The predicted octanol–water partition coefficient (Wildman–Crippen LogP) is 1.20. The highest BCUT2D eigenvalue weighted by molar-refractivity contribution is 7.89. The summed E-state index contributed by atoms with van der Waals surface area (Å²) >= 11 is 0. The lowest BCUT2D eigenvalue weighted by Crippen LogP contribution is -2.03. The molecule has 1 aliphatic rings. The van der Waals surface area contributed by atoms with Gasteiger partial charge in [-0.15, -0.1) is 0 Å². The summed E-state index contributed by atoms with van der Waals surface area (Å²) in [6.07, 6.45) is 2.26. The Bertz CT molecular complexity index is 451. The fraction of sp³-hybridized carbons (Fsp3) is 0.400. The van der Waals surface area contributed by atoms with Crippen LogP contribution in [0.3, 0.4) is 0 Å². The molecule has 0 atom stereocenters. The molecule has 0 bridgehead atoms. The molecule has 0 aromatic heterocycles. The molecule has 1 aromatic rings. The molecule has 0 radical (unpaired) electrons. The Morgan fingerprint density at radius 1 is 1.43 bits per heavy atom. The molecule has 2 rings (SSSR count). The normalized spacial score (nSPS) is 14.9. The lowest BCUT2D eigenvalue weighted by Gasteiger charge is -2.07. The van der Waals surface area contributed by atoms with E-state index in [9.17, 15) is 8.42 Å². The van der Waals surface area contributed by atoms with Crippen molar-refractivity contribution in [3.63, 3.8) is 0 Å². The molecule has 0 amide bonds. The van der Waals surface area contributed by atoms with Gasteiger partial charge < -0.3 is 5.32 Å². The van der Waals surface area contributed by atoms with Gasteiger partial charge in [-0.05, 0) is 17.5 Å². The van der Waals surface area contributed by atoms with Gasteiger partial charge in [0.05, 0.1) is 5.75 Å². The maximum absolute atomic E-state index is 11.2. The third kappa shape index (κ3) is 1.90. The van der Waals surface area contributed by atoms with Crippen LogP contribution in [-0.2, 0) is 22.0 Å². The molecule has 1 heterocycles. The molecule has 1 aliphatic heterocycles. The van der Waals surface area contributed by atoms with E-state index in [4.69, 9.17) is 0 Å². The second kappa shape index (κ2) is 3.28. The van der Waals surface area contributed by atoms with Crippen LogP contribution in [0.4, 0.5) is 5.69 Å². The number of hydrogen-bond donors (Lipinski definition) is 1. The van der Waals surface area contributed by atoms with Gasteiger partial charge in [0.25, 0.3) is 0 Å². The molecule has 76 valence electrons. The first-order valence-electron chi connectivity index (χ1n) is 4.58. The minimum Gasteiger partial charge on any atom is -0.384 e. The van der Waals surface area contributed by atoms with Crippen LogP contribution in [0.1, 0.15) is 11.1 Å². The fourth-order valence-electron chi connectivity index (χ4n) is 1.81. The van der Waals surface area contributed by atoms with Crippen LogP contribution in [-0.4, -0.2) is 21.2 Å². The van der Waals surface area contributed by atoms with E-state index in [-0.39, 0.29) is 5.75 Å². The van der Waals surface area contributed by atoms with Gasteiger partial charge in [-0.1, -0.05) is 18.2 Å². The van der Waals surface area contributed by atoms with E-state index >= 15 is 0 Å². The zero-order valence-electron chi connectivity index (χ0n) is 8.08. The van der Waals surface area contributed by atoms with Crippen molar-refractivity contribution in [2.75, 3.05) is 18.1 Å². The number of anilines is 1. The molecule has 0 fully saturated rings. The van der Waals surface area contributed by atoms with Gasteiger partial charge in [0.15, 0.2) is 9.84 Å². The van der Waals surface area contributed by atoms with Crippen molar-refractivity contribution in [3.8, 4) is 0 Å². The highest BCUT2D eigenvalue weighted by Gasteiger charge is 2.15. The Hall–Kier alpha value is -1.03. The van der Waals surface area contributed by atoms with E-state index in [1.807, 2.05) is 18.2 Å². The van der Waals surface area contributed by atoms with Gasteiger partial charge in [-0.25, -0.2) is 8.42 Å². The lowest BCUT2D eigenvalue weighted by molar-refractivity contribution is 0.601. The Labute approximate surface area is 84.1 Å². The second-order valence-corrected chi connectivity index (χ2v) is 5.84. The monoisotopic (exact) mass is 211 g/mol. The van der Waals surface area contributed by atoms with Crippen LogP contribution in [0.25, 0.3) is 0 Å². The molecule has 0 saturated carbocycles. The van der Waals surface area contributed by atoms with Crippen molar-refractivity contribution in [1.82, 2.24) is 0 Å². The third-order valence-corrected chi connectivity index (χ3v) is 3.19. The summed E-state index contributed by atoms with van der Waals surface area (Å²) < 4.78 is 22.3. The number of benzene rings is 1. The highest BCUT2D eigenvalue weighted by Crippen LogP contribution is 2.27. The molecule has 1 aromatic carbocycles. The van der Waals surface area contributed by atoms with Crippen LogP contribution in [0, 0.1) is 0 Å². The smallest absolute Gasteiger partial charge is 0.151 e. The van der Waals surface area contributed by atoms with E-state index < -0.39 is 9.84 Å². The van der Waals surface area contributed by atoms with E-state index in [1.54, 1.807) is 0 Å². The summed E-state index contributed by atoms with van der Waals surface area (Å²) in [5.41, 5.74) is 3.14. The first kappa shape index (κ1) is 9.52. The maximum Gasteiger partial charge on any atom is 0.151 e. The van der Waals surface area contributed by atoms with Gasteiger partial charge in [-0.3, -0.25) is 0 Å². The average Bonchev–Trinajstić information content (AvgIpc) is 2.49. The molecule has 0 saturated heterocycles. The minimum atomic E-state index is -2.94. The third-order valence-electron chi connectivity index (χ3n) is 2.35. The summed E-state index contributed by atoms with van der Waals surface area (Å²) in [5, 5.41) is 3.23. The molecule has 0 unspecified atom stereocenters. The number of hydrogen-bond acceptors (Lipinski definition) is 3. The van der Waals surface area contributed by atoms with Crippen molar-refractivity contribution in [1.29, 1.82) is 0 Å². The van der Waals surface area contributed by atoms with Crippen molar-refractivity contribution in [3.05, 3.63) is 29.3 Å². The Morgan fingerprint density at radius 2 is 2.21 bits per heavy atom. The summed E-state index contributed by atoms with van der Waals surface area (Å²) in [7, 11) is -2.94. The lowest BCUT2D eigenvalue weighted by atomic mass is 10.1. The molecular formula is C10H13NO2S. The molecule has 0 aliphatic carbocycles. The topological polar surface area (TPSA) is 46.2 Å². The Morgan fingerprint density at radius 3 is 2.93 bits per heavy atom. The quantitative estimate of drug-likeness (QED) is 0.799. The van der Waals surface area contributed by atoms with Crippen LogP contribution in [0.2, 0.25) is 0 Å². The first-order chi connectivity index (χ1) is 6.56. The number of nitrogens with one attached hydrogen (secondary N) is 1. The van der Waals surface area contributed by atoms with Crippen LogP contribution >= 0.6 is 0 Å². The van der Waals surface area contributed by atoms with E-state index in [1.165, 1.54) is 11.8 Å². The Kier molecular flexibility index (Phi) is 2.23. The summed E-state index contributed by atoms with van der Waals surface area (Å²) in [4.78, 5) is 0. The number of para-hydroxylation sites is 1. The van der Waals surface area contributed by atoms with Gasteiger partial charge >= 0.3 is 0 Å².